The molecule has 2 rings (SSSR count). The quantitative estimate of drug-likeness (QED) is 0.866. The number of nitrogen functional groups attached to an aromatic ring is 1. The molecule has 102 valence electrons. The molecule has 0 aromatic heterocycles. The lowest BCUT2D eigenvalue weighted by atomic mass is 9.91. The lowest BCUT2D eigenvalue weighted by Gasteiger charge is -2.15. The first-order chi connectivity index (χ1) is 9.69. The molecule has 0 fully saturated rings. The highest BCUT2D eigenvalue weighted by Gasteiger charge is 2.18. The lowest BCUT2D eigenvalue weighted by Crippen LogP contribution is -2.02. The predicted octanol–water partition coefficient (Wildman–Crippen LogP) is 2.94. The molecule has 2 aromatic carbocycles. The van der Waals surface area contributed by atoms with Crippen LogP contribution >= 0.6 is 0 Å². The van der Waals surface area contributed by atoms with E-state index in [0.717, 1.165) is 11.1 Å². The van der Waals surface area contributed by atoms with Crippen molar-refractivity contribution < 1.29 is 9.47 Å². The van der Waals surface area contributed by atoms with Gasteiger partial charge >= 0.3 is 0 Å². The Balaban J connectivity index is 2.47. The van der Waals surface area contributed by atoms with Gasteiger partial charge < -0.3 is 15.2 Å². The maximum absolute atomic E-state index is 9.48. The topological polar surface area (TPSA) is 68.3 Å². The molecule has 0 aliphatic heterocycles. The van der Waals surface area contributed by atoms with Gasteiger partial charge in [-0.05, 0) is 29.8 Å². The van der Waals surface area contributed by atoms with E-state index >= 15 is 0 Å². The van der Waals surface area contributed by atoms with E-state index in [4.69, 9.17) is 15.2 Å². The molecule has 20 heavy (non-hydrogen) atoms. The van der Waals surface area contributed by atoms with E-state index in [1.165, 1.54) is 0 Å². The van der Waals surface area contributed by atoms with Gasteiger partial charge in [0.25, 0.3) is 0 Å². The fraction of sp³-hybridized carbons (Fsp3) is 0.188. The molecule has 0 saturated carbocycles. The Kier molecular flexibility index (Phi) is 4.11. The third-order valence-electron chi connectivity index (χ3n) is 3.15. The van der Waals surface area contributed by atoms with Crippen molar-refractivity contribution in [3.05, 3.63) is 53.6 Å². The van der Waals surface area contributed by atoms with Crippen LogP contribution in [0.4, 0.5) is 5.69 Å². The summed E-state index contributed by atoms with van der Waals surface area (Å²) in [5, 5.41) is 9.48. The second-order valence-electron chi connectivity index (χ2n) is 4.34. The number of nitrogens with two attached hydrogens (primary N) is 1. The maximum Gasteiger partial charge on any atom is 0.127 e. The molecule has 0 saturated heterocycles. The highest BCUT2D eigenvalue weighted by Crippen LogP contribution is 2.34. The molecular weight excluding hydrogens is 252 g/mol. The Hall–Kier alpha value is -2.67. The Bertz CT molecular complexity index is 630. The summed E-state index contributed by atoms with van der Waals surface area (Å²) in [5.74, 6) is 0.920. The number of rotatable bonds is 4. The fourth-order valence-electron chi connectivity index (χ4n) is 2.07. The van der Waals surface area contributed by atoms with Crippen LogP contribution in [0.1, 0.15) is 17.0 Å². The third kappa shape index (κ3) is 2.67. The van der Waals surface area contributed by atoms with Crippen molar-refractivity contribution in [3.8, 4) is 17.6 Å². The number of benzene rings is 2. The van der Waals surface area contributed by atoms with E-state index < -0.39 is 5.92 Å². The van der Waals surface area contributed by atoms with Gasteiger partial charge in [0.2, 0.25) is 0 Å². The average molecular weight is 268 g/mol. The summed E-state index contributed by atoms with van der Waals surface area (Å²) in [5.41, 5.74) is 8.04. The molecule has 0 spiro atoms. The van der Waals surface area contributed by atoms with Crippen molar-refractivity contribution in [2.75, 3.05) is 20.0 Å². The standard InChI is InChI=1S/C16H16N2O2/c1-19-13-7-8-14(16(9-13)20-2)15(10-17)11-3-5-12(18)6-4-11/h3-9,15H,18H2,1-2H3. The molecule has 1 unspecified atom stereocenters. The predicted molar refractivity (Wildman–Crippen MR) is 77.9 cm³/mol. The number of ether oxygens (including phenoxy) is 2. The fourth-order valence-corrected chi connectivity index (χ4v) is 2.07. The molecule has 0 amide bonds. The van der Waals surface area contributed by atoms with Crippen LogP contribution < -0.4 is 15.2 Å². The van der Waals surface area contributed by atoms with Gasteiger partial charge in [-0.25, -0.2) is 0 Å². The number of anilines is 1. The van der Waals surface area contributed by atoms with Crippen LogP contribution in [-0.4, -0.2) is 14.2 Å². The van der Waals surface area contributed by atoms with Gasteiger partial charge in [-0.15, -0.1) is 0 Å². The Morgan fingerprint density at radius 1 is 1.05 bits per heavy atom. The molecule has 1 atom stereocenters. The summed E-state index contributed by atoms with van der Waals surface area (Å²) in [6, 6.07) is 15.0. The summed E-state index contributed by atoms with van der Waals surface area (Å²) < 4.78 is 10.5. The van der Waals surface area contributed by atoms with Crippen LogP contribution in [0.15, 0.2) is 42.5 Å². The van der Waals surface area contributed by atoms with Gasteiger partial charge in [0.1, 0.15) is 11.5 Å². The number of hydrogen-bond acceptors (Lipinski definition) is 4. The van der Waals surface area contributed by atoms with Crippen molar-refractivity contribution in [3.63, 3.8) is 0 Å². The minimum atomic E-state index is -0.406. The first-order valence-corrected chi connectivity index (χ1v) is 6.16. The Morgan fingerprint density at radius 3 is 2.30 bits per heavy atom. The van der Waals surface area contributed by atoms with Crippen LogP contribution in [0.2, 0.25) is 0 Å². The molecule has 0 radical (unpaired) electrons. The molecule has 4 nitrogen and oxygen atoms in total. The summed E-state index contributed by atoms with van der Waals surface area (Å²) in [7, 11) is 3.17. The number of nitriles is 1. The molecule has 0 bridgehead atoms. The van der Waals surface area contributed by atoms with Gasteiger partial charge in [0, 0.05) is 17.3 Å². The van der Waals surface area contributed by atoms with E-state index in [0.29, 0.717) is 17.2 Å². The molecule has 2 N–H and O–H groups in total. The van der Waals surface area contributed by atoms with Crippen molar-refractivity contribution in [2.45, 2.75) is 5.92 Å². The van der Waals surface area contributed by atoms with E-state index in [2.05, 4.69) is 6.07 Å². The van der Waals surface area contributed by atoms with Crippen LogP contribution in [-0.2, 0) is 0 Å². The van der Waals surface area contributed by atoms with Gasteiger partial charge in [-0.1, -0.05) is 12.1 Å². The monoisotopic (exact) mass is 268 g/mol. The first-order valence-electron chi connectivity index (χ1n) is 6.16. The smallest absolute Gasteiger partial charge is 0.127 e. The molecular formula is C16H16N2O2. The van der Waals surface area contributed by atoms with Gasteiger partial charge in [0.15, 0.2) is 0 Å². The average Bonchev–Trinajstić information content (AvgIpc) is 2.50. The second-order valence-corrected chi connectivity index (χ2v) is 4.34. The van der Waals surface area contributed by atoms with Gasteiger partial charge in [-0.3, -0.25) is 0 Å². The van der Waals surface area contributed by atoms with Crippen molar-refractivity contribution in [1.82, 2.24) is 0 Å². The van der Waals surface area contributed by atoms with Crippen LogP contribution in [0, 0.1) is 11.3 Å². The van der Waals surface area contributed by atoms with Gasteiger partial charge in [-0.2, -0.15) is 5.26 Å². The molecule has 0 aliphatic rings. The SMILES string of the molecule is COc1ccc(C(C#N)c2ccc(N)cc2)c(OC)c1. The van der Waals surface area contributed by atoms with E-state index in [-0.39, 0.29) is 0 Å². The van der Waals surface area contributed by atoms with E-state index in [1.807, 2.05) is 24.3 Å². The molecule has 4 heteroatoms. The number of methoxy groups -OCH3 is 2. The lowest BCUT2D eigenvalue weighted by molar-refractivity contribution is 0.391. The summed E-state index contributed by atoms with van der Waals surface area (Å²) in [6.45, 7) is 0. The Labute approximate surface area is 118 Å². The maximum atomic E-state index is 9.48. The van der Waals surface area contributed by atoms with E-state index in [9.17, 15) is 5.26 Å². The van der Waals surface area contributed by atoms with Crippen molar-refractivity contribution in [1.29, 1.82) is 5.26 Å². The highest BCUT2D eigenvalue weighted by atomic mass is 16.5. The van der Waals surface area contributed by atoms with E-state index in [1.54, 1.807) is 32.4 Å². The largest absolute Gasteiger partial charge is 0.497 e. The Morgan fingerprint density at radius 2 is 1.75 bits per heavy atom. The normalized spacial score (nSPS) is 11.4. The highest BCUT2D eigenvalue weighted by molar-refractivity contribution is 5.51. The zero-order valence-corrected chi connectivity index (χ0v) is 11.5. The summed E-state index contributed by atoms with van der Waals surface area (Å²) >= 11 is 0. The van der Waals surface area contributed by atoms with Gasteiger partial charge in [0.05, 0.1) is 26.2 Å². The van der Waals surface area contributed by atoms with Crippen LogP contribution in [0.5, 0.6) is 11.5 Å². The van der Waals surface area contributed by atoms with Crippen molar-refractivity contribution in [2.24, 2.45) is 0 Å². The molecule has 0 heterocycles. The zero-order valence-electron chi connectivity index (χ0n) is 11.5. The second kappa shape index (κ2) is 5.98. The third-order valence-corrected chi connectivity index (χ3v) is 3.15. The van der Waals surface area contributed by atoms with Crippen LogP contribution in [0.3, 0.4) is 0 Å². The summed E-state index contributed by atoms with van der Waals surface area (Å²) in [6.07, 6.45) is 0. The molecule has 2 aromatic rings. The minimum Gasteiger partial charge on any atom is -0.497 e. The summed E-state index contributed by atoms with van der Waals surface area (Å²) in [4.78, 5) is 0. The number of nitrogens with zero attached hydrogens (tertiary/aromatic N) is 1. The minimum absolute atomic E-state index is 0.406. The number of hydrogen-bond donors (Lipinski definition) is 1. The van der Waals surface area contributed by atoms with Crippen LogP contribution in [0.25, 0.3) is 0 Å². The first kappa shape index (κ1) is 13.8. The zero-order chi connectivity index (χ0) is 14.5. The molecule has 0 aliphatic carbocycles. The van der Waals surface area contributed by atoms with Crippen molar-refractivity contribution >= 4 is 5.69 Å².